The van der Waals surface area contributed by atoms with E-state index in [1.54, 1.807) is 0 Å². The van der Waals surface area contributed by atoms with Crippen LogP contribution >= 0.6 is 0 Å². The van der Waals surface area contributed by atoms with Crippen LogP contribution in [0.1, 0.15) is 32.3 Å². The molecule has 84 valence electrons. The van der Waals surface area contributed by atoms with Gasteiger partial charge in [-0.15, -0.1) is 0 Å². The van der Waals surface area contributed by atoms with E-state index in [0.29, 0.717) is 19.4 Å². The Bertz CT molecular complexity index is 302. The Morgan fingerprint density at radius 2 is 2.20 bits per heavy atom. The molecule has 1 heterocycles. The van der Waals surface area contributed by atoms with E-state index in [9.17, 15) is 4.79 Å². The van der Waals surface area contributed by atoms with Crippen LogP contribution in [0.2, 0.25) is 0 Å². The third kappa shape index (κ3) is 2.83. The summed E-state index contributed by atoms with van der Waals surface area (Å²) in [6.45, 7) is 4.39. The minimum Gasteiger partial charge on any atom is -0.367 e. The second-order valence-electron chi connectivity index (χ2n) is 3.77. The number of aromatic amines is 1. The van der Waals surface area contributed by atoms with Crippen LogP contribution in [-0.2, 0) is 11.3 Å². The largest absolute Gasteiger partial charge is 0.367 e. The SMILES string of the molecule is CCC(N)(CC)C(=O)NCc1cc[nH]c1. The Morgan fingerprint density at radius 3 is 2.67 bits per heavy atom. The number of hydrogen-bond donors (Lipinski definition) is 3. The molecule has 4 N–H and O–H groups in total. The van der Waals surface area contributed by atoms with Crippen molar-refractivity contribution in [2.75, 3.05) is 0 Å². The average molecular weight is 209 g/mol. The Labute approximate surface area is 90.2 Å². The maximum Gasteiger partial charge on any atom is 0.240 e. The van der Waals surface area contributed by atoms with Crippen molar-refractivity contribution in [2.45, 2.75) is 38.8 Å². The highest BCUT2D eigenvalue weighted by Gasteiger charge is 2.29. The molecule has 4 heteroatoms. The van der Waals surface area contributed by atoms with Gasteiger partial charge in [0, 0.05) is 18.9 Å². The molecule has 0 unspecified atom stereocenters. The summed E-state index contributed by atoms with van der Waals surface area (Å²) < 4.78 is 0. The molecule has 0 saturated heterocycles. The lowest BCUT2D eigenvalue weighted by Gasteiger charge is -2.24. The highest BCUT2D eigenvalue weighted by Crippen LogP contribution is 2.11. The van der Waals surface area contributed by atoms with E-state index in [2.05, 4.69) is 10.3 Å². The first-order valence-corrected chi connectivity index (χ1v) is 5.31. The predicted octanol–water partition coefficient (Wildman–Crippen LogP) is 1.15. The molecular weight excluding hydrogens is 190 g/mol. The Kier molecular flexibility index (Phi) is 3.91. The van der Waals surface area contributed by atoms with Gasteiger partial charge in [0.1, 0.15) is 0 Å². The van der Waals surface area contributed by atoms with Crippen LogP contribution in [0.25, 0.3) is 0 Å². The number of nitrogens with one attached hydrogen (secondary N) is 2. The van der Waals surface area contributed by atoms with E-state index in [4.69, 9.17) is 5.73 Å². The van der Waals surface area contributed by atoms with Crippen LogP contribution < -0.4 is 11.1 Å². The molecule has 0 aliphatic rings. The normalized spacial score (nSPS) is 11.4. The number of carbonyl (C=O) groups excluding carboxylic acids is 1. The molecule has 0 spiro atoms. The summed E-state index contributed by atoms with van der Waals surface area (Å²) in [4.78, 5) is 14.7. The summed E-state index contributed by atoms with van der Waals surface area (Å²) in [5, 5.41) is 2.84. The molecule has 0 radical (unpaired) electrons. The molecule has 0 aromatic carbocycles. The lowest BCUT2D eigenvalue weighted by molar-refractivity contribution is -0.126. The zero-order chi connectivity index (χ0) is 11.3. The Balaban J connectivity index is 2.48. The van der Waals surface area contributed by atoms with Crippen LogP contribution in [0.15, 0.2) is 18.5 Å². The molecule has 0 aliphatic carbocycles. The van der Waals surface area contributed by atoms with Crippen molar-refractivity contribution < 1.29 is 4.79 Å². The standard InChI is InChI=1S/C11H19N3O/c1-3-11(12,4-2)10(15)14-8-9-5-6-13-7-9/h5-7,13H,3-4,8,12H2,1-2H3,(H,14,15). The second-order valence-corrected chi connectivity index (χ2v) is 3.77. The number of aromatic nitrogens is 1. The Morgan fingerprint density at radius 1 is 1.53 bits per heavy atom. The van der Waals surface area contributed by atoms with Crippen molar-refractivity contribution in [2.24, 2.45) is 5.73 Å². The number of hydrogen-bond acceptors (Lipinski definition) is 2. The minimum atomic E-state index is -0.726. The van der Waals surface area contributed by atoms with Crippen molar-refractivity contribution in [3.8, 4) is 0 Å². The molecule has 1 aromatic heterocycles. The fraction of sp³-hybridized carbons (Fsp3) is 0.545. The molecule has 1 amide bonds. The average Bonchev–Trinajstić information content (AvgIpc) is 2.77. The molecule has 15 heavy (non-hydrogen) atoms. The van der Waals surface area contributed by atoms with Gasteiger partial charge >= 0.3 is 0 Å². The number of rotatable bonds is 5. The van der Waals surface area contributed by atoms with Crippen molar-refractivity contribution in [1.29, 1.82) is 0 Å². The third-order valence-electron chi connectivity index (χ3n) is 2.83. The van der Waals surface area contributed by atoms with Crippen LogP contribution in [0.3, 0.4) is 0 Å². The van der Waals surface area contributed by atoms with Gasteiger partial charge in [0.15, 0.2) is 0 Å². The van der Waals surface area contributed by atoms with Crippen molar-refractivity contribution in [3.63, 3.8) is 0 Å². The summed E-state index contributed by atoms with van der Waals surface area (Å²) in [5.41, 5.74) is 6.29. The predicted molar refractivity (Wildman–Crippen MR) is 60.1 cm³/mol. The van der Waals surface area contributed by atoms with Crippen LogP contribution in [0.4, 0.5) is 0 Å². The summed E-state index contributed by atoms with van der Waals surface area (Å²) >= 11 is 0. The first-order valence-electron chi connectivity index (χ1n) is 5.31. The summed E-state index contributed by atoms with van der Waals surface area (Å²) in [7, 11) is 0. The van der Waals surface area contributed by atoms with Crippen molar-refractivity contribution in [1.82, 2.24) is 10.3 Å². The van der Waals surface area contributed by atoms with E-state index < -0.39 is 5.54 Å². The van der Waals surface area contributed by atoms with E-state index in [-0.39, 0.29) is 5.91 Å². The maximum atomic E-state index is 11.8. The van der Waals surface area contributed by atoms with Gasteiger partial charge in [0.2, 0.25) is 5.91 Å². The molecule has 1 aromatic rings. The number of nitrogens with two attached hydrogens (primary N) is 1. The van der Waals surface area contributed by atoms with Crippen LogP contribution in [-0.4, -0.2) is 16.4 Å². The first kappa shape index (κ1) is 11.8. The third-order valence-corrected chi connectivity index (χ3v) is 2.83. The molecule has 0 atom stereocenters. The maximum absolute atomic E-state index is 11.8. The van der Waals surface area contributed by atoms with Crippen LogP contribution in [0.5, 0.6) is 0 Å². The quantitative estimate of drug-likeness (QED) is 0.680. The van der Waals surface area contributed by atoms with E-state index in [0.717, 1.165) is 5.56 Å². The number of H-pyrrole nitrogens is 1. The van der Waals surface area contributed by atoms with Gasteiger partial charge in [-0.1, -0.05) is 13.8 Å². The highest BCUT2D eigenvalue weighted by molar-refractivity contribution is 5.85. The lowest BCUT2D eigenvalue weighted by atomic mass is 9.93. The van der Waals surface area contributed by atoms with E-state index >= 15 is 0 Å². The molecule has 4 nitrogen and oxygen atoms in total. The molecular formula is C11H19N3O. The number of amides is 1. The molecule has 0 aliphatic heterocycles. The van der Waals surface area contributed by atoms with Crippen molar-refractivity contribution >= 4 is 5.91 Å². The van der Waals surface area contributed by atoms with E-state index in [1.807, 2.05) is 32.3 Å². The van der Waals surface area contributed by atoms with Gasteiger partial charge in [0.25, 0.3) is 0 Å². The smallest absolute Gasteiger partial charge is 0.240 e. The van der Waals surface area contributed by atoms with Gasteiger partial charge in [-0.05, 0) is 24.5 Å². The van der Waals surface area contributed by atoms with Gasteiger partial charge in [-0.2, -0.15) is 0 Å². The number of carbonyl (C=O) groups is 1. The zero-order valence-electron chi connectivity index (χ0n) is 9.34. The van der Waals surface area contributed by atoms with Gasteiger partial charge < -0.3 is 16.0 Å². The highest BCUT2D eigenvalue weighted by atomic mass is 16.2. The fourth-order valence-electron chi connectivity index (χ4n) is 1.40. The second kappa shape index (κ2) is 4.98. The first-order chi connectivity index (χ1) is 7.12. The minimum absolute atomic E-state index is 0.0753. The lowest BCUT2D eigenvalue weighted by Crippen LogP contribution is -2.52. The monoisotopic (exact) mass is 209 g/mol. The Hall–Kier alpha value is -1.29. The molecule has 0 fully saturated rings. The topological polar surface area (TPSA) is 70.9 Å². The fourth-order valence-corrected chi connectivity index (χ4v) is 1.40. The van der Waals surface area contributed by atoms with Gasteiger partial charge in [-0.25, -0.2) is 0 Å². The van der Waals surface area contributed by atoms with Crippen molar-refractivity contribution in [3.05, 3.63) is 24.0 Å². The molecule has 0 bridgehead atoms. The molecule has 0 saturated carbocycles. The van der Waals surface area contributed by atoms with E-state index in [1.165, 1.54) is 0 Å². The summed E-state index contributed by atoms with van der Waals surface area (Å²) in [5.74, 6) is -0.0753. The summed E-state index contributed by atoms with van der Waals surface area (Å²) in [6, 6.07) is 1.93. The van der Waals surface area contributed by atoms with Crippen LogP contribution in [0, 0.1) is 0 Å². The van der Waals surface area contributed by atoms with Gasteiger partial charge in [0.05, 0.1) is 5.54 Å². The zero-order valence-corrected chi connectivity index (χ0v) is 9.34. The van der Waals surface area contributed by atoms with Gasteiger partial charge in [-0.3, -0.25) is 4.79 Å². The summed E-state index contributed by atoms with van der Waals surface area (Å²) in [6.07, 6.45) is 5.00. The molecule has 1 rings (SSSR count).